The Morgan fingerprint density at radius 1 is 1.35 bits per heavy atom. The molecule has 1 aromatic rings. The van der Waals surface area contributed by atoms with Crippen molar-refractivity contribution in [3.05, 3.63) is 29.8 Å². The molecule has 0 saturated heterocycles. The van der Waals surface area contributed by atoms with Crippen LogP contribution in [0.3, 0.4) is 0 Å². The Labute approximate surface area is 105 Å². The minimum Gasteiger partial charge on any atom is -0.368 e. The maximum atomic E-state index is 5.78. The van der Waals surface area contributed by atoms with Crippen molar-refractivity contribution in [1.82, 2.24) is 0 Å². The van der Waals surface area contributed by atoms with Crippen molar-refractivity contribution in [1.29, 1.82) is 0 Å². The van der Waals surface area contributed by atoms with Gasteiger partial charge in [-0.25, -0.2) is 0 Å². The Kier molecular flexibility index (Phi) is 4.06. The second kappa shape index (κ2) is 5.54. The lowest BCUT2D eigenvalue weighted by Gasteiger charge is -2.25. The van der Waals surface area contributed by atoms with Crippen LogP contribution in [-0.4, -0.2) is 18.6 Å². The molecular weight excluding hydrogens is 208 g/mol. The molecule has 2 rings (SSSR count). The van der Waals surface area contributed by atoms with Gasteiger partial charge in [0.05, 0.1) is 0 Å². The lowest BCUT2D eigenvalue weighted by atomic mass is 10.1. The number of para-hydroxylation sites is 1. The summed E-state index contributed by atoms with van der Waals surface area (Å²) >= 11 is 0. The molecule has 0 fully saturated rings. The number of anilines is 1. The average molecular weight is 232 g/mol. The topological polar surface area (TPSA) is 29.3 Å². The molecule has 2 atom stereocenters. The van der Waals surface area contributed by atoms with Gasteiger partial charge in [0.2, 0.25) is 0 Å². The fraction of sp³-hybridized carbons (Fsp3) is 0.600. The number of nitrogens with two attached hydrogens (primary N) is 1. The van der Waals surface area contributed by atoms with E-state index in [9.17, 15) is 0 Å². The van der Waals surface area contributed by atoms with Gasteiger partial charge in [0.1, 0.15) is 0 Å². The molecule has 17 heavy (non-hydrogen) atoms. The zero-order chi connectivity index (χ0) is 12.3. The summed E-state index contributed by atoms with van der Waals surface area (Å²) < 4.78 is 0. The fourth-order valence-electron chi connectivity index (χ4n) is 2.72. The summed E-state index contributed by atoms with van der Waals surface area (Å²) in [6.45, 7) is 5.59. The summed E-state index contributed by atoms with van der Waals surface area (Å²) in [7, 11) is 0. The van der Waals surface area contributed by atoms with Gasteiger partial charge in [-0.2, -0.15) is 0 Å². The highest BCUT2D eigenvalue weighted by molar-refractivity contribution is 5.59. The molecule has 0 aromatic heterocycles. The van der Waals surface area contributed by atoms with Crippen molar-refractivity contribution in [2.24, 2.45) is 5.73 Å². The standard InChI is InChI=1S/C15H24N2/c1-12(16)7-5-6-10-17-13(2)11-14-8-3-4-9-15(14)17/h3-4,8-9,12-13H,5-7,10-11,16H2,1-2H3. The zero-order valence-electron chi connectivity index (χ0n) is 11.0. The minimum absolute atomic E-state index is 0.346. The molecule has 2 nitrogen and oxygen atoms in total. The highest BCUT2D eigenvalue weighted by Crippen LogP contribution is 2.31. The molecule has 2 N–H and O–H groups in total. The van der Waals surface area contributed by atoms with Gasteiger partial charge in [0.25, 0.3) is 0 Å². The van der Waals surface area contributed by atoms with E-state index in [0.717, 1.165) is 6.42 Å². The van der Waals surface area contributed by atoms with Crippen molar-refractivity contribution in [3.8, 4) is 0 Å². The summed E-state index contributed by atoms with van der Waals surface area (Å²) in [5.74, 6) is 0. The molecule has 0 spiro atoms. The van der Waals surface area contributed by atoms with Gasteiger partial charge < -0.3 is 10.6 Å². The molecule has 2 heteroatoms. The van der Waals surface area contributed by atoms with E-state index >= 15 is 0 Å². The molecule has 1 aromatic carbocycles. The summed E-state index contributed by atoms with van der Waals surface area (Å²) in [4.78, 5) is 2.55. The fourth-order valence-corrected chi connectivity index (χ4v) is 2.72. The van der Waals surface area contributed by atoms with E-state index in [2.05, 4.69) is 43.0 Å². The molecule has 1 heterocycles. The van der Waals surface area contributed by atoms with Crippen LogP contribution < -0.4 is 10.6 Å². The van der Waals surface area contributed by atoms with Crippen molar-refractivity contribution < 1.29 is 0 Å². The molecule has 1 aliphatic heterocycles. The normalized spacial score (nSPS) is 20.4. The van der Waals surface area contributed by atoms with Crippen molar-refractivity contribution in [2.45, 2.75) is 51.6 Å². The number of unbranched alkanes of at least 4 members (excludes halogenated alkanes) is 1. The predicted molar refractivity (Wildman–Crippen MR) is 74.5 cm³/mol. The van der Waals surface area contributed by atoms with Crippen LogP contribution in [-0.2, 0) is 6.42 Å². The summed E-state index contributed by atoms with van der Waals surface area (Å²) in [6, 6.07) is 9.80. The van der Waals surface area contributed by atoms with Crippen LogP contribution in [0.25, 0.3) is 0 Å². The quantitative estimate of drug-likeness (QED) is 0.791. The van der Waals surface area contributed by atoms with E-state index in [4.69, 9.17) is 5.73 Å². The molecule has 2 unspecified atom stereocenters. The third kappa shape index (κ3) is 3.01. The Bertz CT molecular complexity index is 360. The number of hydrogen-bond donors (Lipinski definition) is 1. The minimum atomic E-state index is 0.346. The van der Waals surface area contributed by atoms with Gasteiger partial charge in [-0.15, -0.1) is 0 Å². The van der Waals surface area contributed by atoms with Crippen LogP contribution >= 0.6 is 0 Å². The number of benzene rings is 1. The Balaban J connectivity index is 1.88. The molecule has 1 aliphatic rings. The van der Waals surface area contributed by atoms with E-state index in [1.54, 1.807) is 0 Å². The smallest absolute Gasteiger partial charge is 0.0402 e. The molecular formula is C15H24N2. The third-order valence-electron chi connectivity index (χ3n) is 3.66. The Morgan fingerprint density at radius 2 is 2.12 bits per heavy atom. The van der Waals surface area contributed by atoms with Crippen LogP contribution in [0.15, 0.2) is 24.3 Å². The van der Waals surface area contributed by atoms with Gasteiger partial charge in [-0.3, -0.25) is 0 Å². The summed E-state index contributed by atoms with van der Waals surface area (Å²) in [5.41, 5.74) is 8.73. The van der Waals surface area contributed by atoms with E-state index in [0.29, 0.717) is 12.1 Å². The van der Waals surface area contributed by atoms with E-state index in [-0.39, 0.29) is 0 Å². The Morgan fingerprint density at radius 3 is 2.88 bits per heavy atom. The van der Waals surface area contributed by atoms with Crippen LogP contribution in [0.4, 0.5) is 5.69 Å². The SMILES string of the molecule is CC(N)CCCCN1c2ccccc2CC1C. The van der Waals surface area contributed by atoms with E-state index in [1.807, 2.05) is 0 Å². The monoisotopic (exact) mass is 232 g/mol. The molecule has 0 amide bonds. The number of hydrogen-bond acceptors (Lipinski definition) is 2. The summed E-state index contributed by atoms with van der Waals surface area (Å²) in [6.07, 6.45) is 4.83. The largest absolute Gasteiger partial charge is 0.368 e. The first-order valence-corrected chi connectivity index (χ1v) is 6.78. The van der Waals surface area contributed by atoms with Crippen LogP contribution in [0, 0.1) is 0 Å². The number of fused-ring (bicyclic) bond motifs is 1. The second-order valence-corrected chi connectivity index (χ2v) is 5.35. The van der Waals surface area contributed by atoms with Gasteiger partial charge in [-0.1, -0.05) is 24.6 Å². The molecule has 0 bridgehead atoms. The highest BCUT2D eigenvalue weighted by atomic mass is 15.2. The van der Waals surface area contributed by atoms with Crippen LogP contribution in [0.2, 0.25) is 0 Å². The molecule has 0 aliphatic carbocycles. The first kappa shape index (κ1) is 12.4. The zero-order valence-corrected chi connectivity index (χ0v) is 11.0. The first-order chi connectivity index (χ1) is 8.18. The highest BCUT2D eigenvalue weighted by Gasteiger charge is 2.24. The van der Waals surface area contributed by atoms with Crippen LogP contribution in [0.5, 0.6) is 0 Å². The lowest BCUT2D eigenvalue weighted by molar-refractivity contribution is 0.573. The molecule has 0 radical (unpaired) electrons. The predicted octanol–water partition coefficient (Wildman–Crippen LogP) is 2.96. The lowest BCUT2D eigenvalue weighted by Crippen LogP contribution is -2.30. The maximum absolute atomic E-state index is 5.78. The van der Waals surface area contributed by atoms with Gasteiger partial charge in [-0.05, 0) is 44.7 Å². The van der Waals surface area contributed by atoms with Crippen molar-refractivity contribution in [3.63, 3.8) is 0 Å². The maximum Gasteiger partial charge on any atom is 0.0402 e. The van der Waals surface area contributed by atoms with Gasteiger partial charge in [0.15, 0.2) is 0 Å². The molecule has 94 valence electrons. The van der Waals surface area contributed by atoms with Crippen molar-refractivity contribution >= 4 is 5.69 Å². The third-order valence-corrected chi connectivity index (χ3v) is 3.66. The van der Waals surface area contributed by atoms with Gasteiger partial charge >= 0.3 is 0 Å². The number of rotatable bonds is 5. The van der Waals surface area contributed by atoms with Crippen molar-refractivity contribution in [2.75, 3.05) is 11.4 Å². The summed E-state index contributed by atoms with van der Waals surface area (Å²) in [5, 5.41) is 0. The first-order valence-electron chi connectivity index (χ1n) is 6.78. The Hall–Kier alpha value is -1.02. The average Bonchev–Trinajstić information content (AvgIpc) is 2.60. The van der Waals surface area contributed by atoms with E-state index < -0.39 is 0 Å². The van der Waals surface area contributed by atoms with Crippen LogP contribution in [0.1, 0.15) is 38.7 Å². The number of nitrogens with zero attached hydrogens (tertiary/aromatic N) is 1. The van der Waals surface area contributed by atoms with Gasteiger partial charge in [0, 0.05) is 24.3 Å². The second-order valence-electron chi connectivity index (χ2n) is 5.35. The molecule has 0 saturated carbocycles. The van der Waals surface area contributed by atoms with E-state index in [1.165, 1.54) is 37.1 Å².